The van der Waals surface area contributed by atoms with Crippen LogP contribution in [0.3, 0.4) is 0 Å². The number of allylic oxidation sites excluding steroid dienone is 2. The van der Waals surface area contributed by atoms with E-state index in [1.807, 2.05) is 0 Å². The summed E-state index contributed by atoms with van der Waals surface area (Å²) in [6.45, 7) is 0.364. The highest BCUT2D eigenvalue weighted by Gasteiger charge is 2.11. The summed E-state index contributed by atoms with van der Waals surface area (Å²) in [7, 11) is 0. The molecule has 0 aromatic carbocycles. The fraction of sp³-hybridized carbons (Fsp3) is 0.700. The minimum atomic E-state index is -1.15. The summed E-state index contributed by atoms with van der Waals surface area (Å²) in [6.07, 6.45) is 8.65. The van der Waals surface area contributed by atoms with Crippen molar-refractivity contribution < 1.29 is 14.6 Å². The molecule has 0 radical (unpaired) electrons. The van der Waals surface area contributed by atoms with E-state index in [0.29, 0.717) is 12.5 Å². The molecule has 0 aromatic heterocycles. The molecule has 0 aromatic rings. The second kappa shape index (κ2) is 5.62. The van der Waals surface area contributed by atoms with Crippen LogP contribution in [0.2, 0.25) is 0 Å². The van der Waals surface area contributed by atoms with E-state index in [9.17, 15) is 4.79 Å². The summed E-state index contributed by atoms with van der Waals surface area (Å²) in [6, 6.07) is 0. The Morgan fingerprint density at radius 1 is 1.38 bits per heavy atom. The van der Waals surface area contributed by atoms with Crippen LogP contribution in [0.25, 0.3) is 0 Å². The summed E-state index contributed by atoms with van der Waals surface area (Å²) in [5, 5.41) is 8.33. The highest BCUT2D eigenvalue weighted by Crippen LogP contribution is 2.18. The summed E-state index contributed by atoms with van der Waals surface area (Å²) in [4.78, 5) is 10.2. The average Bonchev–Trinajstić information content (AvgIpc) is 2.01. The van der Waals surface area contributed by atoms with Gasteiger partial charge in [-0.05, 0) is 38.0 Å². The number of hydrogen-bond donors (Lipinski definition) is 1. The van der Waals surface area contributed by atoms with Gasteiger partial charge in [-0.1, -0.05) is 12.2 Å². The molecule has 0 saturated carbocycles. The zero-order valence-corrected chi connectivity index (χ0v) is 7.74. The zero-order chi connectivity index (χ0) is 9.52. The molecule has 0 fully saturated rings. The standard InChI is InChI=1S/C10H16O3/c11-10(12)13-8-9-6-4-2-1-3-5-7-9/h1-2,9H,3-8H2,(H,11,12). The smallest absolute Gasteiger partial charge is 0.450 e. The van der Waals surface area contributed by atoms with Crippen molar-refractivity contribution in [2.45, 2.75) is 32.1 Å². The monoisotopic (exact) mass is 184 g/mol. The van der Waals surface area contributed by atoms with Crippen LogP contribution >= 0.6 is 0 Å². The maximum absolute atomic E-state index is 10.2. The molecule has 1 N–H and O–H groups in total. The van der Waals surface area contributed by atoms with Crippen LogP contribution in [0, 0.1) is 5.92 Å². The summed E-state index contributed by atoms with van der Waals surface area (Å²) in [5.74, 6) is 0.418. The first kappa shape index (κ1) is 10.1. The molecule has 74 valence electrons. The third kappa shape index (κ3) is 4.55. The molecule has 0 bridgehead atoms. The summed E-state index contributed by atoms with van der Waals surface area (Å²) >= 11 is 0. The average molecular weight is 184 g/mol. The first-order chi connectivity index (χ1) is 6.29. The molecule has 0 aliphatic heterocycles. The van der Waals surface area contributed by atoms with Crippen LogP contribution < -0.4 is 0 Å². The second-order valence-corrected chi connectivity index (χ2v) is 3.42. The van der Waals surface area contributed by atoms with Gasteiger partial charge in [0.1, 0.15) is 0 Å². The Bertz CT molecular complexity index is 187. The maximum atomic E-state index is 10.2. The normalized spacial score (nSPS) is 23.2. The SMILES string of the molecule is O=C(O)OCC1CCC=CCCC1. The molecule has 1 aliphatic carbocycles. The molecule has 0 heterocycles. The third-order valence-corrected chi connectivity index (χ3v) is 2.33. The van der Waals surface area contributed by atoms with Gasteiger partial charge in [0.15, 0.2) is 0 Å². The molecule has 3 nitrogen and oxygen atoms in total. The fourth-order valence-corrected chi connectivity index (χ4v) is 1.59. The van der Waals surface area contributed by atoms with E-state index < -0.39 is 6.16 Å². The Kier molecular flexibility index (Phi) is 4.36. The van der Waals surface area contributed by atoms with E-state index in [2.05, 4.69) is 16.9 Å². The summed E-state index contributed by atoms with van der Waals surface area (Å²) < 4.78 is 4.57. The number of ether oxygens (including phenoxy) is 1. The minimum absolute atomic E-state index is 0.364. The van der Waals surface area contributed by atoms with Crippen molar-refractivity contribution in [2.75, 3.05) is 6.61 Å². The van der Waals surface area contributed by atoms with Crippen molar-refractivity contribution in [3.8, 4) is 0 Å². The lowest BCUT2D eigenvalue weighted by Crippen LogP contribution is -2.13. The van der Waals surface area contributed by atoms with Gasteiger partial charge in [-0.3, -0.25) is 0 Å². The van der Waals surface area contributed by atoms with E-state index in [-0.39, 0.29) is 0 Å². The molecular formula is C10H16O3. The lowest BCUT2D eigenvalue weighted by molar-refractivity contribution is 0.0736. The lowest BCUT2D eigenvalue weighted by atomic mass is 9.95. The van der Waals surface area contributed by atoms with Gasteiger partial charge in [0.25, 0.3) is 0 Å². The van der Waals surface area contributed by atoms with E-state index in [1.165, 1.54) is 0 Å². The van der Waals surface area contributed by atoms with E-state index in [4.69, 9.17) is 5.11 Å². The Balaban J connectivity index is 2.23. The Labute approximate surface area is 78.4 Å². The van der Waals surface area contributed by atoms with Gasteiger partial charge in [-0.15, -0.1) is 0 Å². The largest absolute Gasteiger partial charge is 0.505 e. The molecule has 1 aliphatic rings. The van der Waals surface area contributed by atoms with Gasteiger partial charge < -0.3 is 9.84 Å². The highest BCUT2D eigenvalue weighted by molar-refractivity contribution is 5.56. The maximum Gasteiger partial charge on any atom is 0.505 e. The van der Waals surface area contributed by atoms with Crippen LogP contribution in [-0.4, -0.2) is 17.9 Å². The fourth-order valence-electron chi connectivity index (χ4n) is 1.59. The van der Waals surface area contributed by atoms with Crippen molar-refractivity contribution in [1.29, 1.82) is 0 Å². The van der Waals surface area contributed by atoms with Gasteiger partial charge in [-0.2, -0.15) is 0 Å². The first-order valence-electron chi connectivity index (χ1n) is 4.80. The van der Waals surface area contributed by atoms with Crippen molar-refractivity contribution >= 4 is 6.16 Å². The Morgan fingerprint density at radius 3 is 2.92 bits per heavy atom. The number of carboxylic acid groups (broad SMARTS) is 1. The van der Waals surface area contributed by atoms with Crippen LogP contribution in [0.4, 0.5) is 4.79 Å². The second-order valence-electron chi connectivity index (χ2n) is 3.42. The first-order valence-corrected chi connectivity index (χ1v) is 4.80. The van der Waals surface area contributed by atoms with Crippen molar-refractivity contribution in [3.63, 3.8) is 0 Å². The molecule has 1 unspecified atom stereocenters. The quantitative estimate of drug-likeness (QED) is 0.530. The van der Waals surface area contributed by atoms with Crippen LogP contribution in [0.5, 0.6) is 0 Å². The highest BCUT2D eigenvalue weighted by atomic mass is 16.7. The van der Waals surface area contributed by atoms with Crippen LogP contribution in [-0.2, 0) is 4.74 Å². The molecule has 13 heavy (non-hydrogen) atoms. The summed E-state index contributed by atoms with van der Waals surface area (Å²) in [5.41, 5.74) is 0. The minimum Gasteiger partial charge on any atom is -0.450 e. The molecule has 3 heteroatoms. The van der Waals surface area contributed by atoms with Crippen LogP contribution in [0.1, 0.15) is 32.1 Å². The Hall–Kier alpha value is -0.990. The molecule has 0 spiro atoms. The van der Waals surface area contributed by atoms with E-state index in [1.54, 1.807) is 0 Å². The number of hydrogen-bond acceptors (Lipinski definition) is 2. The van der Waals surface area contributed by atoms with Crippen molar-refractivity contribution in [1.82, 2.24) is 0 Å². The molecule has 0 saturated heterocycles. The molecule has 1 atom stereocenters. The Morgan fingerprint density at radius 2 is 2.15 bits per heavy atom. The van der Waals surface area contributed by atoms with Crippen LogP contribution in [0.15, 0.2) is 12.2 Å². The zero-order valence-electron chi connectivity index (χ0n) is 7.74. The van der Waals surface area contributed by atoms with Gasteiger partial charge in [-0.25, -0.2) is 4.79 Å². The van der Waals surface area contributed by atoms with Gasteiger partial charge in [0, 0.05) is 0 Å². The number of carbonyl (C=O) groups is 1. The van der Waals surface area contributed by atoms with Gasteiger partial charge in [0.2, 0.25) is 0 Å². The predicted octanol–water partition coefficient (Wildman–Crippen LogP) is 2.82. The van der Waals surface area contributed by atoms with E-state index >= 15 is 0 Å². The molecule has 1 rings (SSSR count). The van der Waals surface area contributed by atoms with Gasteiger partial charge in [0.05, 0.1) is 6.61 Å². The van der Waals surface area contributed by atoms with Crippen molar-refractivity contribution in [3.05, 3.63) is 12.2 Å². The topological polar surface area (TPSA) is 46.5 Å². The third-order valence-electron chi connectivity index (χ3n) is 2.33. The lowest BCUT2D eigenvalue weighted by Gasteiger charge is -2.16. The number of rotatable bonds is 2. The van der Waals surface area contributed by atoms with Crippen molar-refractivity contribution in [2.24, 2.45) is 5.92 Å². The predicted molar refractivity (Wildman–Crippen MR) is 49.7 cm³/mol. The van der Waals surface area contributed by atoms with Gasteiger partial charge >= 0.3 is 6.16 Å². The molecule has 0 amide bonds. The molecular weight excluding hydrogens is 168 g/mol. The van der Waals surface area contributed by atoms with E-state index in [0.717, 1.165) is 32.1 Å².